The summed E-state index contributed by atoms with van der Waals surface area (Å²) < 4.78 is 41.4. The largest absolute Gasteiger partial charge is 0.573 e. The van der Waals surface area contributed by atoms with E-state index in [4.69, 9.17) is 0 Å². The summed E-state index contributed by atoms with van der Waals surface area (Å²) in [6.45, 7) is -0.0172. The number of carbonyl (C=O) groups is 1. The van der Waals surface area contributed by atoms with Crippen LogP contribution in [0.4, 0.5) is 13.2 Å². The van der Waals surface area contributed by atoms with Gasteiger partial charge < -0.3 is 9.64 Å². The molecule has 1 saturated carbocycles. The Labute approximate surface area is 136 Å². The van der Waals surface area contributed by atoms with Gasteiger partial charge in [0.05, 0.1) is 0 Å². The number of benzene rings is 1. The molecule has 8 heteroatoms. The molecular weight excluding hydrogens is 323 g/mol. The van der Waals surface area contributed by atoms with E-state index in [0.717, 1.165) is 18.5 Å². The van der Waals surface area contributed by atoms with Crippen molar-refractivity contribution in [2.75, 3.05) is 7.05 Å². The Morgan fingerprint density at radius 1 is 1.38 bits per heavy atom. The van der Waals surface area contributed by atoms with Gasteiger partial charge in [-0.15, -0.1) is 13.2 Å². The van der Waals surface area contributed by atoms with Crippen molar-refractivity contribution in [1.82, 2.24) is 15.1 Å². The Bertz CT molecular complexity index is 738. The van der Waals surface area contributed by atoms with Crippen molar-refractivity contribution in [2.45, 2.75) is 31.7 Å². The molecule has 1 heterocycles. The van der Waals surface area contributed by atoms with Crippen LogP contribution in [0, 0.1) is 0 Å². The minimum absolute atomic E-state index is 0.0172. The summed E-state index contributed by atoms with van der Waals surface area (Å²) in [5.74, 6) is -0.240. The van der Waals surface area contributed by atoms with Crippen LogP contribution in [0.25, 0.3) is 0 Å². The first-order valence-electron chi connectivity index (χ1n) is 7.48. The Morgan fingerprint density at radius 2 is 2.08 bits per heavy atom. The van der Waals surface area contributed by atoms with Gasteiger partial charge in [-0.2, -0.15) is 5.10 Å². The first-order valence-corrected chi connectivity index (χ1v) is 7.48. The number of hydrogen-bond donors (Lipinski definition) is 1. The van der Waals surface area contributed by atoms with Crippen LogP contribution in [-0.4, -0.2) is 34.4 Å². The second kappa shape index (κ2) is 6.18. The van der Waals surface area contributed by atoms with E-state index in [1.165, 1.54) is 30.1 Å². The van der Waals surface area contributed by atoms with Gasteiger partial charge in [-0.25, -0.2) is 0 Å². The lowest BCUT2D eigenvalue weighted by Gasteiger charge is -2.19. The van der Waals surface area contributed by atoms with Crippen LogP contribution in [0.1, 0.15) is 40.5 Å². The number of ether oxygens (including phenoxy) is 1. The number of aromatic nitrogens is 2. The zero-order valence-electron chi connectivity index (χ0n) is 12.9. The Balaban J connectivity index is 1.71. The second-order valence-corrected chi connectivity index (χ2v) is 5.80. The predicted molar refractivity (Wildman–Crippen MR) is 79.5 cm³/mol. The SMILES string of the molecule is CN(Cc1ccccc1OC(F)(F)F)C(=O)c1cc(C2CC2)[nH]n1. The molecule has 24 heavy (non-hydrogen) atoms. The highest BCUT2D eigenvalue weighted by Gasteiger charge is 2.32. The monoisotopic (exact) mass is 339 g/mol. The van der Waals surface area contributed by atoms with E-state index in [1.54, 1.807) is 12.1 Å². The maximum absolute atomic E-state index is 12.4. The van der Waals surface area contributed by atoms with E-state index in [-0.39, 0.29) is 29.5 Å². The number of nitrogens with one attached hydrogen (secondary N) is 1. The quantitative estimate of drug-likeness (QED) is 0.908. The molecule has 0 aliphatic heterocycles. The molecule has 1 N–H and O–H groups in total. The lowest BCUT2D eigenvalue weighted by Crippen LogP contribution is -2.27. The molecule has 128 valence electrons. The topological polar surface area (TPSA) is 58.2 Å². The highest BCUT2D eigenvalue weighted by atomic mass is 19.4. The van der Waals surface area contributed by atoms with Crippen molar-refractivity contribution < 1.29 is 22.7 Å². The molecule has 1 fully saturated rings. The molecular formula is C16H16F3N3O2. The van der Waals surface area contributed by atoms with E-state index in [1.807, 2.05) is 0 Å². The molecule has 0 saturated heterocycles. The van der Waals surface area contributed by atoms with Gasteiger partial charge in [0.25, 0.3) is 5.91 Å². The fourth-order valence-electron chi connectivity index (χ4n) is 2.43. The number of halogens is 3. The van der Waals surface area contributed by atoms with Crippen LogP contribution >= 0.6 is 0 Å². The number of amides is 1. The van der Waals surface area contributed by atoms with E-state index in [9.17, 15) is 18.0 Å². The molecule has 1 aromatic heterocycles. The molecule has 2 aromatic rings. The minimum atomic E-state index is -4.78. The summed E-state index contributed by atoms with van der Waals surface area (Å²) in [6, 6.07) is 7.46. The summed E-state index contributed by atoms with van der Waals surface area (Å²) in [4.78, 5) is 13.7. The minimum Gasteiger partial charge on any atom is -0.405 e. The maximum atomic E-state index is 12.4. The molecule has 1 aromatic carbocycles. The molecule has 1 aliphatic rings. The van der Waals surface area contributed by atoms with Gasteiger partial charge in [0.1, 0.15) is 11.4 Å². The molecule has 3 rings (SSSR count). The molecule has 1 aliphatic carbocycles. The van der Waals surface area contributed by atoms with Crippen LogP contribution in [-0.2, 0) is 6.54 Å². The van der Waals surface area contributed by atoms with E-state index >= 15 is 0 Å². The zero-order chi connectivity index (χ0) is 17.3. The van der Waals surface area contributed by atoms with Crippen molar-refractivity contribution in [3.8, 4) is 5.75 Å². The number of para-hydroxylation sites is 1. The average molecular weight is 339 g/mol. The van der Waals surface area contributed by atoms with Crippen LogP contribution < -0.4 is 4.74 Å². The van der Waals surface area contributed by atoms with Gasteiger partial charge >= 0.3 is 6.36 Å². The van der Waals surface area contributed by atoms with E-state index < -0.39 is 6.36 Å². The normalized spacial score (nSPS) is 14.5. The number of rotatable bonds is 5. The smallest absolute Gasteiger partial charge is 0.405 e. The third-order valence-electron chi connectivity index (χ3n) is 3.79. The van der Waals surface area contributed by atoms with Gasteiger partial charge in [0.2, 0.25) is 0 Å². The standard InChI is InChI=1S/C16H16F3N3O2/c1-22(15(23)13-8-12(20-21-13)10-6-7-10)9-11-4-2-3-5-14(11)24-16(17,18)19/h2-5,8,10H,6-7,9H2,1H3,(H,20,21). The third-order valence-corrected chi connectivity index (χ3v) is 3.79. The lowest BCUT2D eigenvalue weighted by molar-refractivity contribution is -0.274. The third kappa shape index (κ3) is 3.87. The zero-order valence-corrected chi connectivity index (χ0v) is 12.9. The fourth-order valence-corrected chi connectivity index (χ4v) is 2.43. The number of nitrogens with zero attached hydrogens (tertiary/aromatic N) is 2. The number of aromatic amines is 1. The molecule has 0 spiro atoms. The Hall–Kier alpha value is -2.51. The van der Waals surface area contributed by atoms with E-state index in [2.05, 4.69) is 14.9 Å². The van der Waals surface area contributed by atoms with E-state index in [0.29, 0.717) is 5.92 Å². The number of hydrogen-bond acceptors (Lipinski definition) is 3. The fraction of sp³-hybridized carbons (Fsp3) is 0.375. The highest BCUT2D eigenvalue weighted by Crippen LogP contribution is 2.39. The van der Waals surface area contributed by atoms with Crippen molar-refractivity contribution in [3.63, 3.8) is 0 Å². The highest BCUT2D eigenvalue weighted by molar-refractivity contribution is 5.92. The van der Waals surface area contributed by atoms with Gasteiger partial charge in [0, 0.05) is 30.8 Å². The summed E-state index contributed by atoms with van der Waals surface area (Å²) in [5.41, 5.74) is 1.45. The summed E-state index contributed by atoms with van der Waals surface area (Å²) in [6.07, 6.45) is -2.62. The molecule has 1 amide bonds. The average Bonchev–Trinajstić information content (AvgIpc) is 3.24. The number of carbonyl (C=O) groups excluding carboxylic acids is 1. The van der Waals surface area contributed by atoms with Gasteiger partial charge in [-0.1, -0.05) is 18.2 Å². The molecule has 0 atom stereocenters. The first-order chi connectivity index (χ1) is 11.3. The van der Waals surface area contributed by atoms with Crippen LogP contribution in [0.2, 0.25) is 0 Å². The van der Waals surface area contributed by atoms with Crippen LogP contribution in [0.15, 0.2) is 30.3 Å². The number of alkyl halides is 3. The molecule has 0 radical (unpaired) electrons. The van der Waals surface area contributed by atoms with Crippen LogP contribution in [0.3, 0.4) is 0 Å². The van der Waals surface area contributed by atoms with Gasteiger partial charge in [0.15, 0.2) is 0 Å². The first kappa shape index (κ1) is 16.4. The van der Waals surface area contributed by atoms with Crippen molar-refractivity contribution in [3.05, 3.63) is 47.3 Å². The lowest BCUT2D eigenvalue weighted by atomic mass is 10.2. The van der Waals surface area contributed by atoms with Crippen molar-refractivity contribution in [1.29, 1.82) is 0 Å². The molecule has 0 unspecified atom stereocenters. The summed E-state index contributed by atoms with van der Waals surface area (Å²) >= 11 is 0. The van der Waals surface area contributed by atoms with Crippen molar-refractivity contribution in [2.24, 2.45) is 0 Å². The van der Waals surface area contributed by atoms with Gasteiger partial charge in [-0.3, -0.25) is 9.89 Å². The summed E-state index contributed by atoms with van der Waals surface area (Å²) in [5, 5.41) is 6.83. The maximum Gasteiger partial charge on any atom is 0.573 e. The second-order valence-electron chi connectivity index (χ2n) is 5.80. The van der Waals surface area contributed by atoms with Crippen LogP contribution in [0.5, 0.6) is 5.75 Å². The predicted octanol–water partition coefficient (Wildman–Crippen LogP) is 3.46. The Kier molecular flexibility index (Phi) is 4.21. The number of H-pyrrole nitrogens is 1. The van der Waals surface area contributed by atoms with Crippen molar-refractivity contribution >= 4 is 5.91 Å². The Morgan fingerprint density at radius 3 is 2.75 bits per heavy atom. The molecule has 0 bridgehead atoms. The van der Waals surface area contributed by atoms with Gasteiger partial charge in [-0.05, 0) is 25.0 Å². The molecule has 5 nitrogen and oxygen atoms in total. The summed E-state index contributed by atoms with van der Waals surface area (Å²) in [7, 11) is 1.51.